The van der Waals surface area contributed by atoms with Gasteiger partial charge in [-0.25, -0.2) is 4.79 Å². The molecule has 0 aliphatic rings. The predicted molar refractivity (Wildman–Crippen MR) is 60.4 cm³/mol. The van der Waals surface area contributed by atoms with Gasteiger partial charge in [0.2, 0.25) is 0 Å². The lowest BCUT2D eigenvalue weighted by Crippen LogP contribution is -2.22. The summed E-state index contributed by atoms with van der Waals surface area (Å²) in [7, 11) is 1.55. The fourth-order valence-electron chi connectivity index (χ4n) is 1.47. The van der Waals surface area contributed by atoms with Crippen LogP contribution in [0.1, 0.15) is 10.4 Å². The van der Waals surface area contributed by atoms with Crippen LogP contribution in [0.25, 0.3) is 0 Å². The zero-order valence-electron chi connectivity index (χ0n) is 9.16. The molecule has 92 valence electrons. The maximum Gasteiger partial charge on any atom is 0.342 e. The molecule has 0 saturated carbocycles. The highest BCUT2D eigenvalue weighted by molar-refractivity contribution is 5.95. The van der Waals surface area contributed by atoms with Crippen molar-refractivity contribution in [2.45, 2.75) is 0 Å². The van der Waals surface area contributed by atoms with Gasteiger partial charge in [0.25, 0.3) is 0 Å². The van der Waals surface area contributed by atoms with E-state index in [4.69, 9.17) is 10.2 Å². The highest BCUT2D eigenvalue weighted by atomic mass is 16.6. The third-order valence-corrected chi connectivity index (χ3v) is 2.27. The van der Waals surface area contributed by atoms with Gasteiger partial charge < -0.3 is 15.1 Å². The average Bonchev–Trinajstić information content (AvgIpc) is 2.28. The number of aliphatic hydroxyl groups excluding tert-OH is 1. The third kappa shape index (κ3) is 2.70. The fourth-order valence-corrected chi connectivity index (χ4v) is 1.47. The van der Waals surface area contributed by atoms with Crippen molar-refractivity contribution in [1.29, 1.82) is 0 Å². The highest BCUT2D eigenvalue weighted by Gasteiger charge is 2.25. The number of carboxylic acid groups (broad SMARTS) is 1. The summed E-state index contributed by atoms with van der Waals surface area (Å²) < 4.78 is 0. The fraction of sp³-hybridized carbons (Fsp3) is 0.300. The van der Waals surface area contributed by atoms with Crippen molar-refractivity contribution in [2.24, 2.45) is 0 Å². The molecule has 0 amide bonds. The molecule has 1 rings (SSSR count). The number of carboxylic acids is 1. The van der Waals surface area contributed by atoms with Crippen LogP contribution >= 0.6 is 0 Å². The Morgan fingerprint density at radius 1 is 1.53 bits per heavy atom. The number of aromatic carboxylic acids is 1. The van der Waals surface area contributed by atoms with Crippen molar-refractivity contribution in [2.75, 3.05) is 25.1 Å². The van der Waals surface area contributed by atoms with Crippen molar-refractivity contribution in [1.82, 2.24) is 0 Å². The first-order valence-electron chi connectivity index (χ1n) is 4.81. The van der Waals surface area contributed by atoms with E-state index in [9.17, 15) is 14.9 Å². The average molecular weight is 240 g/mol. The van der Waals surface area contributed by atoms with Crippen LogP contribution in [-0.2, 0) is 0 Å². The standard InChI is InChI=1S/C10H12N2O5/c1-11(5-6-13)8-4-2-3-7(10(14)15)9(8)12(16)17/h2-4,13H,5-6H2,1H3,(H,14,15). The van der Waals surface area contributed by atoms with E-state index in [-0.39, 0.29) is 24.4 Å². The van der Waals surface area contributed by atoms with Crippen LogP contribution in [0.4, 0.5) is 11.4 Å². The van der Waals surface area contributed by atoms with E-state index in [1.807, 2.05) is 0 Å². The number of nitro groups is 1. The SMILES string of the molecule is CN(CCO)c1cccc(C(=O)O)c1[N+](=O)[O-]. The molecule has 2 N–H and O–H groups in total. The number of para-hydroxylation sites is 1. The molecule has 0 fully saturated rings. The van der Waals surface area contributed by atoms with E-state index in [1.165, 1.54) is 23.1 Å². The quantitative estimate of drug-likeness (QED) is 0.580. The van der Waals surface area contributed by atoms with Gasteiger partial charge in [-0.05, 0) is 12.1 Å². The molecule has 7 heteroatoms. The Morgan fingerprint density at radius 2 is 2.18 bits per heavy atom. The van der Waals surface area contributed by atoms with Gasteiger partial charge in [-0.3, -0.25) is 10.1 Å². The Labute approximate surface area is 97.1 Å². The summed E-state index contributed by atoms with van der Waals surface area (Å²) in [5, 5.41) is 28.6. The van der Waals surface area contributed by atoms with E-state index in [0.29, 0.717) is 0 Å². The summed E-state index contributed by atoms with van der Waals surface area (Å²) in [5.41, 5.74) is -0.655. The number of anilines is 1. The molecular formula is C10H12N2O5. The minimum absolute atomic E-state index is 0.170. The normalized spacial score (nSPS) is 10.0. The van der Waals surface area contributed by atoms with E-state index in [2.05, 4.69) is 0 Å². The topological polar surface area (TPSA) is 104 Å². The summed E-state index contributed by atoms with van der Waals surface area (Å²) in [6, 6.07) is 4.05. The van der Waals surface area contributed by atoms with Crippen LogP contribution in [0.5, 0.6) is 0 Å². The number of hydrogen-bond acceptors (Lipinski definition) is 5. The van der Waals surface area contributed by atoms with Crippen LogP contribution in [-0.4, -0.2) is 41.3 Å². The molecule has 0 unspecified atom stereocenters. The van der Waals surface area contributed by atoms with E-state index < -0.39 is 16.6 Å². The predicted octanol–water partition coefficient (Wildman–Crippen LogP) is 0.721. The zero-order chi connectivity index (χ0) is 13.0. The van der Waals surface area contributed by atoms with Crippen LogP contribution in [0.3, 0.4) is 0 Å². The Morgan fingerprint density at radius 3 is 2.65 bits per heavy atom. The maximum absolute atomic E-state index is 10.9. The van der Waals surface area contributed by atoms with Gasteiger partial charge in [-0.15, -0.1) is 0 Å². The van der Waals surface area contributed by atoms with Crippen molar-refractivity contribution >= 4 is 17.3 Å². The minimum atomic E-state index is -1.35. The van der Waals surface area contributed by atoms with Crippen LogP contribution in [0.2, 0.25) is 0 Å². The van der Waals surface area contributed by atoms with Crippen LogP contribution in [0.15, 0.2) is 18.2 Å². The molecule has 7 nitrogen and oxygen atoms in total. The minimum Gasteiger partial charge on any atom is -0.477 e. The second-order valence-electron chi connectivity index (χ2n) is 3.38. The number of nitrogens with zero attached hydrogens (tertiary/aromatic N) is 2. The molecule has 17 heavy (non-hydrogen) atoms. The Balaban J connectivity index is 3.34. The number of carbonyl (C=O) groups is 1. The number of benzene rings is 1. The van der Waals surface area contributed by atoms with Crippen molar-refractivity contribution in [3.63, 3.8) is 0 Å². The Kier molecular flexibility index (Phi) is 4.00. The van der Waals surface area contributed by atoms with Gasteiger partial charge in [0.05, 0.1) is 11.5 Å². The van der Waals surface area contributed by atoms with Crippen molar-refractivity contribution in [3.05, 3.63) is 33.9 Å². The van der Waals surface area contributed by atoms with Crippen LogP contribution < -0.4 is 4.90 Å². The van der Waals surface area contributed by atoms with Gasteiger partial charge in [0.1, 0.15) is 11.3 Å². The zero-order valence-corrected chi connectivity index (χ0v) is 9.16. The summed E-state index contributed by atoms with van der Waals surface area (Å²) >= 11 is 0. The number of rotatable bonds is 5. The summed E-state index contributed by atoms with van der Waals surface area (Å²) in [6.45, 7) is 0.00880. The second-order valence-corrected chi connectivity index (χ2v) is 3.38. The van der Waals surface area contributed by atoms with Crippen LogP contribution in [0, 0.1) is 10.1 Å². The first-order chi connectivity index (χ1) is 7.99. The van der Waals surface area contributed by atoms with E-state index in [1.54, 1.807) is 7.05 Å². The smallest absolute Gasteiger partial charge is 0.342 e. The molecule has 0 aliphatic carbocycles. The molecule has 0 atom stereocenters. The summed E-state index contributed by atoms with van der Waals surface area (Å²) in [5.74, 6) is -1.35. The molecule has 1 aromatic carbocycles. The monoisotopic (exact) mass is 240 g/mol. The molecule has 0 radical (unpaired) electrons. The highest BCUT2D eigenvalue weighted by Crippen LogP contribution is 2.30. The molecule has 0 saturated heterocycles. The molecule has 0 bridgehead atoms. The number of likely N-dealkylation sites (N-methyl/N-ethyl adjacent to an activating group) is 1. The third-order valence-electron chi connectivity index (χ3n) is 2.27. The summed E-state index contributed by atoms with van der Waals surface area (Å²) in [4.78, 5) is 22.5. The van der Waals surface area contributed by atoms with E-state index in [0.717, 1.165) is 0 Å². The van der Waals surface area contributed by atoms with Crippen molar-refractivity contribution in [3.8, 4) is 0 Å². The lowest BCUT2D eigenvalue weighted by molar-refractivity contribution is -0.384. The first kappa shape index (κ1) is 12.9. The van der Waals surface area contributed by atoms with Crippen molar-refractivity contribution < 1.29 is 19.9 Å². The van der Waals surface area contributed by atoms with Gasteiger partial charge in [-0.1, -0.05) is 6.07 Å². The number of hydrogen-bond donors (Lipinski definition) is 2. The van der Waals surface area contributed by atoms with Gasteiger partial charge in [0.15, 0.2) is 0 Å². The van der Waals surface area contributed by atoms with Gasteiger partial charge >= 0.3 is 11.7 Å². The Hall–Kier alpha value is -2.15. The molecule has 0 aromatic heterocycles. The van der Waals surface area contributed by atoms with Gasteiger partial charge in [0, 0.05) is 13.6 Å². The van der Waals surface area contributed by atoms with E-state index >= 15 is 0 Å². The molecular weight excluding hydrogens is 228 g/mol. The molecule has 0 heterocycles. The summed E-state index contributed by atoms with van der Waals surface area (Å²) in [6.07, 6.45) is 0. The van der Waals surface area contributed by atoms with Gasteiger partial charge in [-0.2, -0.15) is 0 Å². The lowest BCUT2D eigenvalue weighted by Gasteiger charge is -2.18. The Bertz CT molecular complexity index is 446. The maximum atomic E-state index is 10.9. The second kappa shape index (κ2) is 5.26. The molecule has 0 aliphatic heterocycles. The largest absolute Gasteiger partial charge is 0.477 e. The number of aliphatic hydroxyl groups is 1. The number of nitro benzene ring substituents is 1. The first-order valence-corrected chi connectivity index (χ1v) is 4.81. The molecule has 0 spiro atoms. The molecule has 1 aromatic rings. The lowest BCUT2D eigenvalue weighted by atomic mass is 10.1.